The second-order valence-electron chi connectivity index (χ2n) is 4.48. The first kappa shape index (κ1) is 16.8. The molecule has 9 heteroatoms. The number of fused-ring (bicyclic) bond motifs is 1. The Morgan fingerprint density at radius 3 is 2.45 bits per heavy atom. The standard InChI is InChI=1S/C13H9Cl2F3O4/c1-5-3-4-6(21-2)10-7(5)9(14)8(11(19)20)12(15,22-10)13(16,17)18/h3-4H,1-2H3,(H,19,20). The van der Waals surface area contributed by atoms with E-state index >= 15 is 0 Å². The summed E-state index contributed by atoms with van der Waals surface area (Å²) in [6.07, 6.45) is -5.21. The van der Waals surface area contributed by atoms with Gasteiger partial charge in [0.1, 0.15) is 5.57 Å². The molecule has 1 aliphatic rings. The van der Waals surface area contributed by atoms with Gasteiger partial charge in [-0.25, -0.2) is 4.79 Å². The van der Waals surface area contributed by atoms with Gasteiger partial charge in [-0.3, -0.25) is 0 Å². The van der Waals surface area contributed by atoms with E-state index in [-0.39, 0.29) is 17.1 Å². The van der Waals surface area contributed by atoms with Gasteiger partial charge in [-0.15, -0.1) is 0 Å². The maximum atomic E-state index is 13.3. The number of carboxylic acid groups (broad SMARTS) is 1. The monoisotopic (exact) mass is 356 g/mol. The number of halogens is 5. The van der Waals surface area contributed by atoms with Crippen molar-refractivity contribution < 1.29 is 32.5 Å². The number of carbonyl (C=O) groups is 1. The Balaban J connectivity index is 2.88. The lowest BCUT2D eigenvalue weighted by Gasteiger charge is -2.36. The van der Waals surface area contributed by atoms with Crippen LogP contribution in [-0.4, -0.2) is 29.4 Å². The molecule has 1 aliphatic heterocycles. The molecule has 1 aromatic carbocycles. The van der Waals surface area contributed by atoms with Crippen LogP contribution in [0.5, 0.6) is 11.5 Å². The lowest BCUT2D eigenvalue weighted by Crippen LogP contribution is -2.50. The number of benzene rings is 1. The minimum Gasteiger partial charge on any atom is -0.493 e. The fraction of sp³-hybridized carbons (Fsp3) is 0.308. The number of alkyl halides is 4. The summed E-state index contributed by atoms with van der Waals surface area (Å²) in [5.74, 6) is -2.33. The molecule has 0 fully saturated rings. The maximum Gasteiger partial charge on any atom is 0.448 e. The number of hydrogen-bond acceptors (Lipinski definition) is 3. The van der Waals surface area contributed by atoms with E-state index in [0.717, 1.165) is 0 Å². The van der Waals surface area contributed by atoms with Crippen molar-refractivity contribution in [2.24, 2.45) is 0 Å². The Morgan fingerprint density at radius 1 is 1.41 bits per heavy atom. The number of hydrogen-bond donors (Lipinski definition) is 1. The van der Waals surface area contributed by atoms with E-state index in [4.69, 9.17) is 37.8 Å². The molecule has 1 aromatic rings. The predicted molar refractivity (Wildman–Crippen MR) is 73.4 cm³/mol. The van der Waals surface area contributed by atoms with Crippen LogP contribution in [0.3, 0.4) is 0 Å². The van der Waals surface area contributed by atoms with Gasteiger partial charge in [0.25, 0.3) is 0 Å². The zero-order chi connectivity index (χ0) is 16.9. The Kier molecular flexibility index (Phi) is 3.99. The lowest BCUT2D eigenvalue weighted by atomic mass is 9.96. The molecular formula is C13H9Cl2F3O4. The second kappa shape index (κ2) is 5.24. The summed E-state index contributed by atoms with van der Waals surface area (Å²) in [6.45, 7) is 1.54. The summed E-state index contributed by atoms with van der Waals surface area (Å²) >= 11 is 11.4. The van der Waals surface area contributed by atoms with Crippen molar-refractivity contribution in [1.82, 2.24) is 0 Å². The van der Waals surface area contributed by atoms with E-state index in [0.29, 0.717) is 5.56 Å². The van der Waals surface area contributed by atoms with Gasteiger partial charge in [-0.2, -0.15) is 13.2 Å². The molecule has 0 aliphatic carbocycles. The average Bonchev–Trinajstić information content (AvgIpc) is 2.36. The van der Waals surface area contributed by atoms with Crippen molar-refractivity contribution in [3.63, 3.8) is 0 Å². The van der Waals surface area contributed by atoms with Crippen LogP contribution in [0.4, 0.5) is 13.2 Å². The Hall–Kier alpha value is -1.60. The molecule has 1 unspecified atom stereocenters. The van der Waals surface area contributed by atoms with Crippen molar-refractivity contribution in [3.05, 3.63) is 28.8 Å². The molecular weight excluding hydrogens is 348 g/mol. The zero-order valence-electron chi connectivity index (χ0n) is 11.2. The Labute approximate surface area is 133 Å². The van der Waals surface area contributed by atoms with Gasteiger partial charge in [0, 0.05) is 5.56 Å². The molecule has 22 heavy (non-hydrogen) atoms. The number of aliphatic carboxylic acids is 1. The first-order chi connectivity index (χ1) is 10.0. The summed E-state index contributed by atoms with van der Waals surface area (Å²) in [6, 6.07) is 2.88. The van der Waals surface area contributed by atoms with Gasteiger partial charge in [0.15, 0.2) is 11.5 Å². The van der Waals surface area contributed by atoms with Gasteiger partial charge in [0.2, 0.25) is 0 Å². The zero-order valence-corrected chi connectivity index (χ0v) is 12.7. The number of aryl methyl sites for hydroxylation is 1. The van der Waals surface area contributed by atoms with Crippen LogP contribution in [0.15, 0.2) is 17.7 Å². The van der Waals surface area contributed by atoms with Gasteiger partial charge >= 0.3 is 17.2 Å². The van der Waals surface area contributed by atoms with Crippen LogP contribution < -0.4 is 9.47 Å². The first-order valence-corrected chi connectivity index (χ1v) is 6.56. The van der Waals surface area contributed by atoms with Gasteiger partial charge in [0.05, 0.1) is 12.1 Å². The number of methoxy groups -OCH3 is 1. The minimum absolute atomic E-state index is 0.000980. The van der Waals surface area contributed by atoms with Crippen molar-refractivity contribution >= 4 is 34.2 Å². The highest BCUT2D eigenvalue weighted by atomic mass is 35.5. The normalized spacial score (nSPS) is 21.2. The van der Waals surface area contributed by atoms with Gasteiger partial charge < -0.3 is 14.6 Å². The number of rotatable bonds is 2. The van der Waals surface area contributed by atoms with Crippen molar-refractivity contribution in [3.8, 4) is 11.5 Å². The molecule has 2 rings (SSSR count). The van der Waals surface area contributed by atoms with Crippen LogP contribution in [0.25, 0.3) is 5.03 Å². The maximum absolute atomic E-state index is 13.3. The van der Waals surface area contributed by atoms with E-state index in [1.165, 1.54) is 26.2 Å². The molecule has 4 nitrogen and oxygen atoms in total. The molecule has 0 bridgehead atoms. The minimum atomic E-state index is -5.21. The summed E-state index contributed by atoms with van der Waals surface area (Å²) in [5, 5.41) is 4.86. The molecule has 1 heterocycles. The molecule has 0 saturated carbocycles. The third-order valence-electron chi connectivity index (χ3n) is 3.13. The highest BCUT2D eigenvalue weighted by Crippen LogP contribution is 2.54. The van der Waals surface area contributed by atoms with Crippen LogP contribution in [0.2, 0.25) is 0 Å². The summed E-state index contributed by atoms with van der Waals surface area (Å²) in [7, 11) is 1.22. The van der Waals surface area contributed by atoms with Crippen LogP contribution in [-0.2, 0) is 4.79 Å². The number of ether oxygens (including phenoxy) is 2. The van der Waals surface area contributed by atoms with Crippen LogP contribution in [0.1, 0.15) is 11.1 Å². The Bertz CT molecular complexity index is 685. The smallest absolute Gasteiger partial charge is 0.448 e. The molecule has 0 saturated heterocycles. The fourth-order valence-corrected chi connectivity index (χ4v) is 2.84. The third kappa shape index (κ3) is 2.28. The fourth-order valence-electron chi connectivity index (χ4n) is 2.09. The largest absolute Gasteiger partial charge is 0.493 e. The topological polar surface area (TPSA) is 55.8 Å². The van der Waals surface area contributed by atoms with Crippen LogP contribution >= 0.6 is 23.2 Å². The first-order valence-electron chi connectivity index (χ1n) is 5.80. The lowest BCUT2D eigenvalue weighted by molar-refractivity contribution is -0.204. The van der Waals surface area contributed by atoms with E-state index in [1.54, 1.807) is 0 Å². The quantitative estimate of drug-likeness (QED) is 0.815. The Morgan fingerprint density at radius 2 is 2.00 bits per heavy atom. The highest BCUT2D eigenvalue weighted by molar-refractivity contribution is 6.53. The van der Waals surface area contributed by atoms with E-state index in [9.17, 15) is 18.0 Å². The molecule has 0 aromatic heterocycles. The molecule has 0 spiro atoms. The number of carboxylic acids is 1. The van der Waals surface area contributed by atoms with Gasteiger partial charge in [-0.1, -0.05) is 29.3 Å². The van der Waals surface area contributed by atoms with Crippen molar-refractivity contribution in [2.45, 2.75) is 18.2 Å². The van der Waals surface area contributed by atoms with E-state index in [2.05, 4.69) is 0 Å². The molecule has 1 atom stereocenters. The third-order valence-corrected chi connectivity index (χ3v) is 3.99. The highest BCUT2D eigenvalue weighted by Gasteiger charge is 2.64. The van der Waals surface area contributed by atoms with Crippen LogP contribution in [0, 0.1) is 6.92 Å². The molecule has 0 amide bonds. The van der Waals surface area contributed by atoms with E-state index in [1.807, 2.05) is 0 Å². The van der Waals surface area contributed by atoms with Crippen molar-refractivity contribution in [2.75, 3.05) is 7.11 Å². The van der Waals surface area contributed by atoms with E-state index < -0.39 is 27.8 Å². The summed E-state index contributed by atoms with van der Waals surface area (Å²) in [5.41, 5.74) is -0.869. The van der Waals surface area contributed by atoms with Gasteiger partial charge in [-0.05, 0) is 18.6 Å². The second-order valence-corrected chi connectivity index (χ2v) is 5.39. The molecule has 120 valence electrons. The summed E-state index contributed by atoms with van der Waals surface area (Å²) in [4.78, 5) is 11.3. The molecule has 0 radical (unpaired) electrons. The predicted octanol–water partition coefficient (Wildman–Crippen LogP) is 3.93. The summed E-state index contributed by atoms with van der Waals surface area (Å²) < 4.78 is 49.6. The SMILES string of the molecule is COc1ccc(C)c2c1OC(Cl)(C(F)(F)F)C(C(=O)O)=C2Cl. The van der Waals surface area contributed by atoms with Crippen molar-refractivity contribution in [1.29, 1.82) is 0 Å². The molecule has 1 N–H and O–H groups in total. The average molecular weight is 357 g/mol.